The lowest BCUT2D eigenvalue weighted by Crippen LogP contribution is -2.57. The van der Waals surface area contributed by atoms with E-state index in [0.29, 0.717) is 12.8 Å². The molecule has 4 nitrogen and oxygen atoms in total. The summed E-state index contributed by atoms with van der Waals surface area (Å²) in [5.41, 5.74) is 5.20. The molecular weight excluding hydrogens is 223 g/mol. The quantitative estimate of drug-likeness (QED) is 0.707. The number of hydrogen-bond acceptors (Lipinski definition) is 3. The first kappa shape index (κ1) is 12.6. The van der Waals surface area contributed by atoms with Gasteiger partial charge in [-0.2, -0.15) is 0 Å². The molecule has 0 saturated carbocycles. The maximum absolute atomic E-state index is 13.9. The lowest BCUT2D eigenvalue weighted by Gasteiger charge is -2.40. The van der Waals surface area contributed by atoms with Gasteiger partial charge >= 0.3 is 6.09 Å². The van der Waals surface area contributed by atoms with Crippen LogP contribution in [0, 0.1) is 0 Å². The van der Waals surface area contributed by atoms with Crippen molar-refractivity contribution in [3.8, 4) is 0 Å². The third kappa shape index (κ3) is 2.39. The zero-order valence-corrected chi connectivity index (χ0v) is 10.6. The lowest BCUT2D eigenvalue weighted by molar-refractivity contribution is -0.00988. The second-order valence-electron chi connectivity index (χ2n) is 6.03. The highest BCUT2D eigenvalue weighted by Gasteiger charge is 2.49. The van der Waals surface area contributed by atoms with E-state index in [2.05, 4.69) is 0 Å². The Morgan fingerprint density at radius 3 is 2.65 bits per heavy atom. The number of piperidine rings is 1. The van der Waals surface area contributed by atoms with Crippen LogP contribution in [-0.2, 0) is 4.74 Å². The first-order chi connectivity index (χ1) is 7.79. The van der Waals surface area contributed by atoms with Gasteiger partial charge in [-0.15, -0.1) is 0 Å². The lowest BCUT2D eigenvalue weighted by atomic mass is 9.97. The van der Waals surface area contributed by atoms with Crippen LogP contribution in [0.3, 0.4) is 0 Å². The summed E-state index contributed by atoms with van der Waals surface area (Å²) in [4.78, 5) is 13.6. The molecule has 1 amide bonds. The van der Waals surface area contributed by atoms with Crippen molar-refractivity contribution in [2.75, 3.05) is 0 Å². The van der Waals surface area contributed by atoms with Gasteiger partial charge in [-0.1, -0.05) is 0 Å². The van der Waals surface area contributed by atoms with Crippen molar-refractivity contribution in [3.63, 3.8) is 0 Å². The number of hydrogen-bond donors (Lipinski definition) is 1. The van der Waals surface area contributed by atoms with Gasteiger partial charge in [-0.25, -0.2) is 9.18 Å². The van der Waals surface area contributed by atoms with Crippen molar-refractivity contribution >= 4 is 6.09 Å². The van der Waals surface area contributed by atoms with E-state index in [0.717, 1.165) is 6.42 Å². The Hall–Kier alpha value is -0.840. The standard InChI is InChI=1S/C12H21FN2O2/c1-12(2,3)17-11(16)15-7-4-5-9(15)10(13)8(14)6-7/h7-10H,4-6,14H2,1-3H3/t7-,8+,9-,10+/m0/s1. The molecule has 2 aliphatic heterocycles. The topological polar surface area (TPSA) is 55.6 Å². The highest BCUT2D eigenvalue weighted by atomic mass is 19.1. The van der Waals surface area contributed by atoms with E-state index < -0.39 is 29.9 Å². The number of carbonyl (C=O) groups excluding carboxylic acids is 1. The highest BCUT2D eigenvalue weighted by Crippen LogP contribution is 2.37. The van der Waals surface area contributed by atoms with Crippen LogP contribution in [0.25, 0.3) is 0 Å². The number of carbonyl (C=O) groups is 1. The van der Waals surface area contributed by atoms with Crippen LogP contribution in [0.1, 0.15) is 40.0 Å². The Balaban J connectivity index is 2.10. The van der Waals surface area contributed by atoms with Crippen molar-refractivity contribution in [2.24, 2.45) is 5.73 Å². The molecule has 2 heterocycles. The number of ether oxygens (including phenoxy) is 1. The average molecular weight is 244 g/mol. The fourth-order valence-electron chi connectivity index (χ4n) is 2.78. The van der Waals surface area contributed by atoms with Gasteiger partial charge in [0, 0.05) is 12.1 Å². The number of halogens is 1. The van der Waals surface area contributed by atoms with Gasteiger partial charge in [0.25, 0.3) is 0 Å². The van der Waals surface area contributed by atoms with Crippen molar-refractivity contribution in [3.05, 3.63) is 0 Å². The van der Waals surface area contributed by atoms with Crippen LogP contribution in [-0.4, -0.2) is 40.9 Å². The molecule has 0 spiro atoms. The number of amides is 1. The van der Waals surface area contributed by atoms with Crippen molar-refractivity contribution in [1.29, 1.82) is 0 Å². The van der Waals surface area contributed by atoms with Crippen LogP contribution in [0.2, 0.25) is 0 Å². The minimum atomic E-state index is -1.12. The first-order valence-electron chi connectivity index (χ1n) is 6.20. The average Bonchev–Trinajstić information content (AvgIpc) is 2.51. The normalized spacial score (nSPS) is 37.1. The highest BCUT2D eigenvalue weighted by molar-refractivity contribution is 5.70. The molecule has 0 aromatic carbocycles. The summed E-state index contributed by atoms with van der Waals surface area (Å²) in [6.07, 6.45) is 0.536. The summed E-state index contributed by atoms with van der Waals surface area (Å²) in [6.45, 7) is 5.44. The Bertz CT molecular complexity index is 316. The second kappa shape index (κ2) is 4.12. The van der Waals surface area contributed by atoms with Crippen molar-refractivity contribution in [2.45, 2.75) is 69.9 Å². The zero-order valence-electron chi connectivity index (χ0n) is 10.6. The summed E-state index contributed by atoms with van der Waals surface area (Å²) in [5, 5.41) is 0. The van der Waals surface area contributed by atoms with Crippen molar-refractivity contribution in [1.82, 2.24) is 4.90 Å². The molecule has 17 heavy (non-hydrogen) atoms. The van der Waals surface area contributed by atoms with Gasteiger partial charge in [-0.05, 0) is 40.0 Å². The van der Waals surface area contributed by atoms with E-state index in [1.54, 1.807) is 4.90 Å². The molecule has 2 aliphatic rings. The summed E-state index contributed by atoms with van der Waals surface area (Å²) in [6, 6.07) is -0.776. The maximum atomic E-state index is 13.9. The Labute approximate surface area is 101 Å². The molecule has 0 unspecified atom stereocenters. The Morgan fingerprint density at radius 1 is 1.41 bits per heavy atom. The van der Waals surface area contributed by atoms with Crippen LogP contribution < -0.4 is 5.73 Å². The maximum Gasteiger partial charge on any atom is 0.410 e. The number of nitrogens with two attached hydrogens (primary N) is 1. The van der Waals surface area contributed by atoms with Gasteiger partial charge in [0.2, 0.25) is 0 Å². The minimum absolute atomic E-state index is 0.0526. The van der Waals surface area contributed by atoms with E-state index in [9.17, 15) is 9.18 Å². The molecule has 0 aliphatic carbocycles. The number of rotatable bonds is 0. The Kier molecular flexibility index (Phi) is 3.06. The predicted octanol–water partition coefficient (Wildman–Crippen LogP) is 1.82. The number of fused-ring (bicyclic) bond motifs is 2. The van der Waals surface area contributed by atoms with E-state index >= 15 is 0 Å². The smallest absolute Gasteiger partial charge is 0.410 e. The first-order valence-corrected chi connectivity index (χ1v) is 6.20. The van der Waals surface area contributed by atoms with Crippen LogP contribution >= 0.6 is 0 Å². The number of alkyl halides is 1. The molecule has 2 saturated heterocycles. The minimum Gasteiger partial charge on any atom is -0.444 e. The zero-order chi connectivity index (χ0) is 12.8. The summed E-state index contributed by atoms with van der Waals surface area (Å²) in [5.74, 6) is 0. The monoisotopic (exact) mass is 244 g/mol. The molecule has 0 aromatic heterocycles. The Morgan fingerprint density at radius 2 is 2.06 bits per heavy atom. The molecule has 0 radical (unpaired) electrons. The summed E-state index contributed by atoms with van der Waals surface area (Å²) < 4.78 is 19.3. The molecule has 2 bridgehead atoms. The van der Waals surface area contributed by atoms with E-state index in [1.165, 1.54) is 0 Å². The molecule has 0 aromatic rings. The molecule has 98 valence electrons. The third-order valence-corrected chi connectivity index (χ3v) is 3.47. The fourth-order valence-corrected chi connectivity index (χ4v) is 2.78. The fraction of sp³-hybridized carbons (Fsp3) is 0.917. The molecule has 4 atom stereocenters. The largest absolute Gasteiger partial charge is 0.444 e. The van der Waals surface area contributed by atoms with Gasteiger partial charge in [0.05, 0.1) is 6.04 Å². The number of nitrogens with zero attached hydrogens (tertiary/aromatic N) is 1. The van der Waals surface area contributed by atoms with Gasteiger partial charge < -0.3 is 10.5 Å². The summed E-state index contributed by atoms with van der Waals surface area (Å²) >= 11 is 0. The van der Waals surface area contributed by atoms with Crippen LogP contribution in [0.4, 0.5) is 9.18 Å². The molecule has 2 fully saturated rings. The molecular formula is C12H21FN2O2. The molecule has 2 rings (SSSR count). The van der Waals surface area contributed by atoms with Crippen LogP contribution in [0.15, 0.2) is 0 Å². The van der Waals surface area contributed by atoms with Crippen molar-refractivity contribution < 1.29 is 13.9 Å². The van der Waals surface area contributed by atoms with E-state index in [1.807, 2.05) is 20.8 Å². The molecule has 5 heteroatoms. The van der Waals surface area contributed by atoms with Gasteiger partial charge in [0.1, 0.15) is 11.8 Å². The molecule has 2 N–H and O–H groups in total. The third-order valence-electron chi connectivity index (χ3n) is 3.47. The summed E-state index contributed by atoms with van der Waals surface area (Å²) in [7, 11) is 0. The second-order valence-corrected chi connectivity index (χ2v) is 6.03. The van der Waals surface area contributed by atoms with Gasteiger partial charge in [-0.3, -0.25) is 4.90 Å². The van der Waals surface area contributed by atoms with E-state index in [4.69, 9.17) is 10.5 Å². The predicted molar refractivity (Wildman–Crippen MR) is 62.4 cm³/mol. The van der Waals surface area contributed by atoms with Gasteiger partial charge in [0.15, 0.2) is 0 Å². The SMILES string of the molecule is CC(C)(C)OC(=O)N1[C@H]2CC[C@H]1[C@H](F)[C@H](N)C2. The van der Waals surface area contributed by atoms with E-state index in [-0.39, 0.29) is 6.04 Å². The van der Waals surface area contributed by atoms with Crippen LogP contribution in [0.5, 0.6) is 0 Å².